The van der Waals surface area contributed by atoms with Gasteiger partial charge in [-0.25, -0.2) is 14.2 Å². The monoisotopic (exact) mass is 429 g/mol. The van der Waals surface area contributed by atoms with Gasteiger partial charge < -0.3 is 15.1 Å². The first kappa shape index (κ1) is 20.2. The van der Waals surface area contributed by atoms with Crippen molar-refractivity contribution in [1.29, 1.82) is 0 Å². The fourth-order valence-corrected chi connectivity index (χ4v) is 4.44. The van der Waals surface area contributed by atoms with Gasteiger partial charge in [0.15, 0.2) is 11.5 Å². The predicted molar refractivity (Wildman–Crippen MR) is 126 cm³/mol. The number of aromatic nitrogens is 4. The van der Waals surface area contributed by atoms with Crippen molar-refractivity contribution in [2.24, 2.45) is 0 Å². The molecule has 0 bridgehead atoms. The van der Waals surface area contributed by atoms with Crippen molar-refractivity contribution in [3.63, 3.8) is 0 Å². The quantitative estimate of drug-likeness (QED) is 0.539. The van der Waals surface area contributed by atoms with Gasteiger partial charge in [0.25, 0.3) is 0 Å². The summed E-state index contributed by atoms with van der Waals surface area (Å²) in [5, 5.41) is 13.0. The highest BCUT2D eigenvalue weighted by Gasteiger charge is 2.30. The molecule has 1 atom stereocenters. The number of nitrogens with one attached hydrogen (secondary N) is 1. The Morgan fingerprint density at radius 1 is 1.12 bits per heavy atom. The summed E-state index contributed by atoms with van der Waals surface area (Å²) < 4.78 is 2.06. The second-order valence-electron chi connectivity index (χ2n) is 8.30. The molecular weight excluding hydrogens is 402 g/mol. The average Bonchev–Trinajstić information content (AvgIpc) is 3.24. The van der Waals surface area contributed by atoms with Crippen LogP contribution in [0.25, 0.3) is 27.9 Å². The number of urea groups is 1. The van der Waals surface area contributed by atoms with E-state index < -0.39 is 0 Å². The molecule has 8 nitrogen and oxygen atoms in total. The summed E-state index contributed by atoms with van der Waals surface area (Å²) in [5.74, 6) is 1.58. The zero-order valence-corrected chi connectivity index (χ0v) is 18.6. The van der Waals surface area contributed by atoms with Crippen molar-refractivity contribution in [2.45, 2.75) is 26.8 Å². The van der Waals surface area contributed by atoms with E-state index in [0.717, 1.165) is 33.9 Å². The van der Waals surface area contributed by atoms with Gasteiger partial charge in [-0.05, 0) is 39.0 Å². The molecule has 1 saturated heterocycles. The number of fused-ring (bicyclic) bond motifs is 3. The Morgan fingerprint density at radius 2 is 1.97 bits per heavy atom. The van der Waals surface area contributed by atoms with Crippen LogP contribution in [0.4, 0.5) is 10.7 Å². The van der Waals surface area contributed by atoms with Crippen molar-refractivity contribution in [3.05, 3.63) is 54.1 Å². The molecule has 2 aromatic carbocycles. The highest BCUT2D eigenvalue weighted by atomic mass is 16.2. The summed E-state index contributed by atoms with van der Waals surface area (Å²) in [6, 6.07) is 16.3. The minimum absolute atomic E-state index is 0.0129. The number of benzene rings is 2. The van der Waals surface area contributed by atoms with Crippen molar-refractivity contribution in [1.82, 2.24) is 29.8 Å². The lowest BCUT2D eigenvalue weighted by atomic mass is 10.1. The van der Waals surface area contributed by atoms with E-state index in [2.05, 4.69) is 56.9 Å². The van der Waals surface area contributed by atoms with Crippen molar-refractivity contribution < 1.29 is 4.79 Å². The minimum Gasteiger partial charge on any atom is -0.338 e. The number of carbonyl (C=O) groups is 1. The van der Waals surface area contributed by atoms with E-state index in [9.17, 15) is 4.79 Å². The number of nitrogens with zero attached hydrogens (tertiary/aromatic N) is 6. The fourth-order valence-electron chi connectivity index (χ4n) is 4.44. The lowest BCUT2D eigenvalue weighted by Crippen LogP contribution is -2.57. The summed E-state index contributed by atoms with van der Waals surface area (Å²) in [4.78, 5) is 21.6. The summed E-state index contributed by atoms with van der Waals surface area (Å²) >= 11 is 0. The number of anilines is 1. The van der Waals surface area contributed by atoms with Crippen LogP contribution in [-0.2, 0) is 0 Å². The SMILES string of the molecule is CCNC(=O)N1CCN(c2nc3ccccc3c3nnc(-c4cccc(C)c4)n23)CC1C. The first-order valence-electron chi connectivity index (χ1n) is 11.1. The van der Waals surface area contributed by atoms with E-state index in [4.69, 9.17) is 4.98 Å². The van der Waals surface area contributed by atoms with Crippen molar-refractivity contribution in [3.8, 4) is 11.4 Å². The number of hydrogen-bond donors (Lipinski definition) is 1. The van der Waals surface area contributed by atoms with Crippen molar-refractivity contribution in [2.75, 3.05) is 31.1 Å². The average molecular weight is 430 g/mol. The maximum Gasteiger partial charge on any atom is 0.317 e. The summed E-state index contributed by atoms with van der Waals surface area (Å²) in [7, 11) is 0. The Hall–Kier alpha value is -3.68. The molecule has 3 heterocycles. The minimum atomic E-state index is -0.0129. The molecule has 1 N–H and O–H groups in total. The van der Waals surface area contributed by atoms with Crippen LogP contribution in [0.3, 0.4) is 0 Å². The molecule has 2 amide bonds. The second-order valence-corrected chi connectivity index (χ2v) is 8.30. The normalized spacial score (nSPS) is 16.7. The molecule has 1 aliphatic rings. The third-order valence-electron chi connectivity index (χ3n) is 6.00. The molecule has 0 saturated carbocycles. The molecule has 0 radical (unpaired) electrons. The molecular formula is C24H27N7O. The number of para-hydroxylation sites is 1. The third kappa shape index (κ3) is 3.41. The molecule has 4 aromatic rings. The third-order valence-corrected chi connectivity index (χ3v) is 6.00. The summed E-state index contributed by atoms with van der Waals surface area (Å²) in [5.41, 5.74) is 3.85. The van der Waals surface area contributed by atoms with Gasteiger partial charge in [0, 0.05) is 43.2 Å². The Bertz CT molecular complexity index is 1300. The first-order valence-corrected chi connectivity index (χ1v) is 11.1. The number of amides is 2. The van der Waals surface area contributed by atoms with Crippen LogP contribution in [0.2, 0.25) is 0 Å². The van der Waals surface area contributed by atoms with Crippen LogP contribution in [-0.4, -0.2) is 62.7 Å². The molecule has 1 unspecified atom stereocenters. The van der Waals surface area contributed by atoms with Crippen LogP contribution in [0.5, 0.6) is 0 Å². The predicted octanol–water partition coefficient (Wildman–Crippen LogP) is 3.49. The Morgan fingerprint density at radius 3 is 2.75 bits per heavy atom. The summed E-state index contributed by atoms with van der Waals surface area (Å²) in [6.45, 7) is 8.71. The van der Waals surface area contributed by atoms with Gasteiger partial charge in [0.1, 0.15) is 0 Å². The van der Waals surface area contributed by atoms with Gasteiger partial charge in [-0.1, -0.05) is 35.9 Å². The Kier molecular flexibility index (Phi) is 5.13. The van der Waals surface area contributed by atoms with Gasteiger partial charge in [-0.2, -0.15) is 0 Å². The van der Waals surface area contributed by atoms with Gasteiger partial charge >= 0.3 is 6.03 Å². The number of hydrogen-bond acceptors (Lipinski definition) is 5. The molecule has 2 aromatic heterocycles. The number of piperazine rings is 1. The van der Waals surface area contributed by atoms with Crippen LogP contribution in [0, 0.1) is 6.92 Å². The Labute approximate surface area is 186 Å². The molecule has 8 heteroatoms. The molecule has 1 aliphatic heterocycles. The summed E-state index contributed by atoms with van der Waals surface area (Å²) in [6.07, 6.45) is 0. The smallest absolute Gasteiger partial charge is 0.317 e. The van der Waals surface area contributed by atoms with Crippen molar-refractivity contribution >= 4 is 28.5 Å². The van der Waals surface area contributed by atoms with E-state index in [-0.39, 0.29) is 12.1 Å². The number of carbonyl (C=O) groups excluding carboxylic acids is 1. The van der Waals surface area contributed by atoms with E-state index in [1.807, 2.05) is 42.2 Å². The molecule has 5 rings (SSSR count). The van der Waals surface area contributed by atoms with Crippen LogP contribution in [0.15, 0.2) is 48.5 Å². The maximum atomic E-state index is 12.4. The standard InChI is InChI=1S/C24H27N7O/c1-4-25-24(32)30-13-12-29(15-17(30)3)23-26-20-11-6-5-10-19(20)22-28-27-21(31(22)23)18-9-7-8-16(2)14-18/h5-11,14,17H,4,12-13,15H2,1-3H3,(H,25,32). The van der Waals surface area contributed by atoms with Crippen LogP contribution >= 0.6 is 0 Å². The highest BCUT2D eigenvalue weighted by Crippen LogP contribution is 2.29. The van der Waals surface area contributed by atoms with Crippen LogP contribution in [0.1, 0.15) is 19.4 Å². The lowest BCUT2D eigenvalue weighted by Gasteiger charge is -2.40. The van der Waals surface area contributed by atoms with Crippen LogP contribution < -0.4 is 10.2 Å². The van der Waals surface area contributed by atoms with Gasteiger partial charge in [-0.3, -0.25) is 0 Å². The lowest BCUT2D eigenvalue weighted by molar-refractivity contribution is 0.171. The highest BCUT2D eigenvalue weighted by molar-refractivity contribution is 5.93. The molecule has 1 fully saturated rings. The van der Waals surface area contributed by atoms with Gasteiger partial charge in [0.2, 0.25) is 5.95 Å². The number of aryl methyl sites for hydroxylation is 1. The topological polar surface area (TPSA) is 78.7 Å². The zero-order valence-electron chi connectivity index (χ0n) is 18.6. The largest absolute Gasteiger partial charge is 0.338 e. The first-order chi connectivity index (χ1) is 15.6. The molecule has 0 aliphatic carbocycles. The maximum absolute atomic E-state index is 12.4. The molecule has 164 valence electrons. The second kappa shape index (κ2) is 8.11. The van der Waals surface area contributed by atoms with E-state index in [1.165, 1.54) is 5.56 Å². The molecule has 0 spiro atoms. The van der Waals surface area contributed by atoms with E-state index >= 15 is 0 Å². The Balaban J connectivity index is 1.63. The van der Waals surface area contributed by atoms with Gasteiger partial charge in [-0.15, -0.1) is 10.2 Å². The van der Waals surface area contributed by atoms with E-state index in [0.29, 0.717) is 26.2 Å². The fraction of sp³-hybridized carbons (Fsp3) is 0.333. The number of rotatable bonds is 3. The van der Waals surface area contributed by atoms with Gasteiger partial charge in [0.05, 0.1) is 5.52 Å². The van der Waals surface area contributed by atoms with E-state index in [1.54, 1.807) is 0 Å². The zero-order chi connectivity index (χ0) is 22.2. The molecule has 32 heavy (non-hydrogen) atoms.